The van der Waals surface area contributed by atoms with Crippen molar-refractivity contribution in [3.63, 3.8) is 0 Å². The fraction of sp³-hybridized carbons (Fsp3) is 0.600. The van der Waals surface area contributed by atoms with Crippen molar-refractivity contribution < 1.29 is 4.74 Å². The second kappa shape index (κ2) is 9.87. The fourth-order valence-corrected chi connectivity index (χ4v) is 5.64. The molecule has 2 aromatic rings. The van der Waals surface area contributed by atoms with Crippen molar-refractivity contribution in [3.8, 4) is 0 Å². The van der Waals surface area contributed by atoms with Crippen LogP contribution in [0.5, 0.6) is 0 Å². The lowest BCUT2D eigenvalue weighted by Gasteiger charge is -2.32. The van der Waals surface area contributed by atoms with E-state index in [4.69, 9.17) is 4.74 Å². The maximum atomic E-state index is 5.97. The van der Waals surface area contributed by atoms with Gasteiger partial charge in [-0.25, -0.2) is 0 Å². The lowest BCUT2D eigenvalue weighted by atomic mass is 9.96. The average Bonchev–Trinajstić information content (AvgIpc) is 3.16. The molecular formula is C20H28N4OS2. The molecule has 1 aliphatic heterocycles. The van der Waals surface area contributed by atoms with Crippen molar-refractivity contribution in [2.75, 3.05) is 30.8 Å². The second-order valence-electron chi connectivity index (χ2n) is 7.38. The number of aromatic nitrogens is 2. The minimum atomic E-state index is 0.256. The molecule has 0 unspecified atom stereocenters. The van der Waals surface area contributed by atoms with Gasteiger partial charge in [0.05, 0.1) is 12.7 Å². The third-order valence-corrected chi connectivity index (χ3v) is 7.32. The third-order valence-electron chi connectivity index (χ3n) is 5.20. The van der Waals surface area contributed by atoms with E-state index in [2.05, 4.69) is 50.7 Å². The summed E-state index contributed by atoms with van der Waals surface area (Å²) in [5.41, 5.74) is 1.37. The van der Waals surface area contributed by atoms with Crippen LogP contribution < -0.4 is 5.32 Å². The topological polar surface area (TPSA) is 50.3 Å². The number of hydrogen-bond acceptors (Lipinski definition) is 7. The van der Waals surface area contributed by atoms with Gasteiger partial charge in [-0.2, -0.15) is 0 Å². The predicted molar refractivity (Wildman–Crippen MR) is 113 cm³/mol. The van der Waals surface area contributed by atoms with Gasteiger partial charge < -0.3 is 10.1 Å². The highest BCUT2D eigenvalue weighted by molar-refractivity contribution is 8.01. The molecule has 0 spiro atoms. The standard InChI is InChI=1S/C20H28N4OS2/c1-3-7-16(8-4-1)13-24-11-12-25-18(14-24)15-26-20-23-22-19(27-20)21-17-9-5-2-6-10-17/h1,3-4,7-8,17-18H,2,5-6,9-15H2,(H,21,22)/t18-/m0/s1. The number of thioether (sulfide) groups is 1. The first kappa shape index (κ1) is 19.2. The Morgan fingerprint density at radius 3 is 2.85 bits per heavy atom. The first-order chi connectivity index (χ1) is 13.3. The van der Waals surface area contributed by atoms with Crippen molar-refractivity contribution in [3.05, 3.63) is 35.9 Å². The molecule has 1 atom stereocenters. The SMILES string of the molecule is c1ccc(CN2CCO[C@H](CSc3nnc(NC4CCCCC4)s3)C2)cc1. The summed E-state index contributed by atoms with van der Waals surface area (Å²) < 4.78 is 7.01. The summed E-state index contributed by atoms with van der Waals surface area (Å²) in [7, 11) is 0. The molecule has 2 aliphatic rings. The average molecular weight is 405 g/mol. The molecule has 1 saturated heterocycles. The highest BCUT2D eigenvalue weighted by Gasteiger charge is 2.22. The second-order valence-corrected chi connectivity index (χ2v) is 9.62. The Morgan fingerprint density at radius 1 is 1.15 bits per heavy atom. The van der Waals surface area contributed by atoms with Crippen LogP contribution in [-0.4, -0.2) is 52.7 Å². The van der Waals surface area contributed by atoms with Crippen molar-refractivity contribution >= 4 is 28.2 Å². The molecule has 2 fully saturated rings. The van der Waals surface area contributed by atoms with Gasteiger partial charge in [0.15, 0.2) is 4.34 Å². The van der Waals surface area contributed by atoms with E-state index in [0.717, 1.165) is 41.5 Å². The first-order valence-electron chi connectivity index (χ1n) is 9.96. The molecule has 1 aromatic heterocycles. The van der Waals surface area contributed by atoms with E-state index in [1.54, 1.807) is 23.1 Å². The summed E-state index contributed by atoms with van der Waals surface area (Å²) in [6.45, 7) is 3.79. The molecule has 0 bridgehead atoms. The van der Waals surface area contributed by atoms with Gasteiger partial charge >= 0.3 is 0 Å². The summed E-state index contributed by atoms with van der Waals surface area (Å²) >= 11 is 3.45. The van der Waals surface area contributed by atoms with Gasteiger partial charge in [-0.3, -0.25) is 4.90 Å². The van der Waals surface area contributed by atoms with Gasteiger partial charge in [0, 0.05) is 31.4 Å². The Morgan fingerprint density at radius 2 is 2.00 bits per heavy atom. The Labute approximate surface area is 169 Å². The zero-order chi connectivity index (χ0) is 18.3. The van der Waals surface area contributed by atoms with Crippen LogP contribution in [-0.2, 0) is 11.3 Å². The number of nitrogens with one attached hydrogen (secondary N) is 1. The van der Waals surface area contributed by atoms with Crippen LogP contribution in [0.4, 0.5) is 5.13 Å². The minimum absolute atomic E-state index is 0.256. The normalized spacial score (nSPS) is 22.0. The van der Waals surface area contributed by atoms with E-state index in [1.807, 2.05) is 0 Å². The molecule has 0 amide bonds. The van der Waals surface area contributed by atoms with E-state index >= 15 is 0 Å². The maximum absolute atomic E-state index is 5.97. The summed E-state index contributed by atoms with van der Waals surface area (Å²) in [6.07, 6.45) is 6.81. The highest BCUT2D eigenvalue weighted by atomic mass is 32.2. The lowest BCUT2D eigenvalue weighted by molar-refractivity contribution is -0.0187. The molecule has 1 N–H and O–H groups in total. The maximum Gasteiger partial charge on any atom is 0.206 e. The van der Waals surface area contributed by atoms with E-state index in [-0.39, 0.29) is 6.10 Å². The van der Waals surface area contributed by atoms with Crippen LogP contribution in [0.3, 0.4) is 0 Å². The number of anilines is 1. The van der Waals surface area contributed by atoms with Crippen molar-refractivity contribution in [2.24, 2.45) is 0 Å². The zero-order valence-corrected chi connectivity index (χ0v) is 17.3. The monoisotopic (exact) mass is 404 g/mol. The van der Waals surface area contributed by atoms with Gasteiger partial charge in [-0.05, 0) is 18.4 Å². The van der Waals surface area contributed by atoms with E-state index < -0.39 is 0 Å². The molecule has 5 nitrogen and oxygen atoms in total. The van der Waals surface area contributed by atoms with Crippen LogP contribution in [0.15, 0.2) is 34.7 Å². The molecule has 1 aliphatic carbocycles. The Balaban J connectivity index is 1.22. The molecule has 27 heavy (non-hydrogen) atoms. The molecule has 2 heterocycles. The number of hydrogen-bond donors (Lipinski definition) is 1. The van der Waals surface area contributed by atoms with Crippen LogP contribution in [0, 0.1) is 0 Å². The summed E-state index contributed by atoms with van der Waals surface area (Å²) in [4.78, 5) is 2.49. The number of ether oxygens (including phenoxy) is 1. The van der Waals surface area contributed by atoms with Crippen LogP contribution in [0.2, 0.25) is 0 Å². The van der Waals surface area contributed by atoms with Crippen LogP contribution in [0.25, 0.3) is 0 Å². The van der Waals surface area contributed by atoms with Gasteiger partial charge in [0.2, 0.25) is 5.13 Å². The van der Waals surface area contributed by atoms with Crippen LogP contribution >= 0.6 is 23.1 Å². The van der Waals surface area contributed by atoms with Crippen molar-refractivity contribution in [1.29, 1.82) is 0 Å². The van der Waals surface area contributed by atoms with E-state index in [9.17, 15) is 0 Å². The number of benzene rings is 1. The molecule has 146 valence electrons. The predicted octanol–water partition coefficient (Wildman–Crippen LogP) is 4.28. The molecule has 1 aromatic carbocycles. The molecular weight excluding hydrogens is 376 g/mol. The van der Waals surface area contributed by atoms with Gasteiger partial charge in [0.1, 0.15) is 0 Å². The molecule has 1 saturated carbocycles. The number of morpholine rings is 1. The first-order valence-corrected chi connectivity index (χ1v) is 11.8. The molecule has 7 heteroatoms. The Bertz CT molecular complexity index is 690. The van der Waals surface area contributed by atoms with E-state index in [1.165, 1.54) is 37.7 Å². The smallest absolute Gasteiger partial charge is 0.206 e. The van der Waals surface area contributed by atoms with Crippen molar-refractivity contribution in [1.82, 2.24) is 15.1 Å². The van der Waals surface area contributed by atoms with Gasteiger partial charge in [0.25, 0.3) is 0 Å². The Kier molecular flexibility index (Phi) is 7.01. The summed E-state index contributed by atoms with van der Waals surface area (Å²) in [5, 5.41) is 13.2. The van der Waals surface area contributed by atoms with E-state index in [0.29, 0.717) is 6.04 Å². The minimum Gasteiger partial charge on any atom is -0.375 e. The molecule has 4 rings (SSSR count). The lowest BCUT2D eigenvalue weighted by Crippen LogP contribution is -2.43. The summed E-state index contributed by atoms with van der Waals surface area (Å²) in [5.74, 6) is 0.934. The highest BCUT2D eigenvalue weighted by Crippen LogP contribution is 2.29. The van der Waals surface area contributed by atoms with Gasteiger partial charge in [-0.15, -0.1) is 10.2 Å². The number of rotatable bonds is 7. The quantitative estimate of drug-likeness (QED) is 0.695. The van der Waals surface area contributed by atoms with Crippen LogP contribution in [0.1, 0.15) is 37.7 Å². The zero-order valence-electron chi connectivity index (χ0n) is 15.7. The fourth-order valence-electron chi connectivity index (χ4n) is 3.78. The Hall–Kier alpha value is -1.15. The summed E-state index contributed by atoms with van der Waals surface area (Å²) in [6, 6.07) is 11.3. The third kappa shape index (κ3) is 5.91. The molecule has 0 radical (unpaired) electrons. The van der Waals surface area contributed by atoms with Crippen molar-refractivity contribution in [2.45, 2.75) is 55.1 Å². The largest absolute Gasteiger partial charge is 0.375 e. The number of nitrogens with zero attached hydrogens (tertiary/aromatic N) is 3. The van der Waals surface area contributed by atoms with Gasteiger partial charge in [-0.1, -0.05) is 72.7 Å².